The summed E-state index contributed by atoms with van der Waals surface area (Å²) >= 11 is 1.44. The highest BCUT2D eigenvalue weighted by Gasteiger charge is 2.54. The monoisotopic (exact) mass is 612 g/mol. The van der Waals surface area contributed by atoms with Crippen molar-refractivity contribution in [1.82, 2.24) is 25.5 Å². The molecule has 4 rings (SSSR count). The summed E-state index contributed by atoms with van der Waals surface area (Å²) in [5, 5.41) is 13.1. The number of hydrogen-bond donors (Lipinski definition) is 2. The highest BCUT2D eigenvalue weighted by atomic mass is 32.1. The molecule has 1 saturated heterocycles. The van der Waals surface area contributed by atoms with E-state index in [1.165, 1.54) is 30.2 Å². The third-order valence-electron chi connectivity index (χ3n) is 7.26. The zero-order valence-electron chi connectivity index (χ0n) is 25.5. The molecule has 232 valence electrons. The van der Waals surface area contributed by atoms with Gasteiger partial charge in [0.2, 0.25) is 11.8 Å². The fourth-order valence-corrected chi connectivity index (χ4v) is 5.68. The summed E-state index contributed by atoms with van der Waals surface area (Å²) in [6, 6.07) is 8.39. The van der Waals surface area contributed by atoms with Crippen LogP contribution < -0.4 is 10.6 Å². The Morgan fingerprint density at radius 2 is 1.86 bits per heavy atom. The highest BCUT2D eigenvalue weighted by molar-refractivity contribution is 7.07. The highest BCUT2D eigenvalue weighted by Crippen LogP contribution is 2.38. The van der Waals surface area contributed by atoms with Crippen molar-refractivity contribution in [2.75, 3.05) is 26.7 Å². The van der Waals surface area contributed by atoms with E-state index in [0.29, 0.717) is 19.4 Å². The lowest BCUT2D eigenvalue weighted by molar-refractivity contribution is -0.144. The summed E-state index contributed by atoms with van der Waals surface area (Å²) in [6.07, 6.45) is -0.0358. The average molecular weight is 613 g/mol. The molecule has 43 heavy (non-hydrogen) atoms. The fourth-order valence-electron chi connectivity index (χ4n) is 5.12. The maximum Gasteiger partial charge on any atom is 0.408 e. The standard InChI is InChI=1S/C30H40N6O6S/c1-28(2,3)42-27(40)33-29(4,5)25(38)32-22(16-41-15-20-10-8-7-9-11-20)24(37)36-13-12-23-30(18-36,26(39)35(6)34-23)14-21-17-43-19-31-21/h7-11,17,19,22H,12-16,18H2,1-6H3,(H,32,38)(H,33,40). The molecule has 0 saturated carbocycles. The van der Waals surface area contributed by atoms with Gasteiger partial charge in [-0.2, -0.15) is 5.10 Å². The summed E-state index contributed by atoms with van der Waals surface area (Å²) in [4.78, 5) is 59.4. The molecule has 1 aromatic carbocycles. The van der Waals surface area contributed by atoms with Gasteiger partial charge in [0.25, 0.3) is 5.91 Å². The van der Waals surface area contributed by atoms with Gasteiger partial charge in [-0.3, -0.25) is 14.4 Å². The minimum atomic E-state index is -1.40. The van der Waals surface area contributed by atoms with Crippen molar-refractivity contribution in [2.45, 2.75) is 71.2 Å². The Balaban J connectivity index is 1.53. The third kappa shape index (κ3) is 7.77. The van der Waals surface area contributed by atoms with Crippen LogP contribution in [0.1, 0.15) is 52.3 Å². The van der Waals surface area contributed by atoms with Crippen LogP contribution in [0.15, 0.2) is 46.3 Å². The molecular formula is C30H40N6O6S. The van der Waals surface area contributed by atoms with Crippen LogP contribution in [0.25, 0.3) is 0 Å². The number of likely N-dealkylation sites (tertiary alicyclic amines) is 1. The first kappa shape index (κ1) is 32.1. The van der Waals surface area contributed by atoms with Crippen molar-refractivity contribution in [3.63, 3.8) is 0 Å². The van der Waals surface area contributed by atoms with E-state index in [4.69, 9.17) is 9.47 Å². The number of benzene rings is 1. The Labute approximate surface area is 255 Å². The topological polar surface area (TPSA) is 143 Å². The Kier molecular flexibility index (Phi) is 9.55. The van der Waals surface area contributed by atoms with E-state index in [-0.39, 0.29) is 25.7 Å². The fraction of sp³-hybridized carbons (Fsp3) is 0.533. The van der Waals surface area contributed by atoms with Gasteiger partial charge in [-0.25, -0.2) is 14.8 Å². The lowest BCUT2D eigenvalue weighted by Crippen LogP contribution is -2.63. The largest absolute Gasteiger partial charge is 0.444 e. The number of nitrogens with one attached hydrogen (secondary N) is 2. The van der Waals surface area contributed by atoms with Gasteiger partial charge in [0, 0.05) is 38.4 Å². The first-order chi connectivity index (χ1) is 20.2. The molecule has 3 heterocycles. The second-order valence-corrected chi connectivity index (χ2v) is 13.1. The summed E-state index contributed by atoms with van der Waals surface area (Å²) < 4.78 is 11.2. The van der Waals surface area contributed by atoms with Crippen molar-refractivity contribution >= 4 is 40.9 Å². The van der Waals surface area contributed by atoms with Crippen LogP contribution in [-0.2, 0) is 36.9 Å². The summed E-state index contributed by atoms with van der Waals surface area (Å²) in [7, 11) is 1.61. The van der Waals surface area contributed by atoms with Gasteiger partial charge in [-0.05, 0) is 40.2 Å². The van der Waals surface area contributed by atoms with Crippen molar-refractivity contribution < 1.29 is 28.7 Å². The molecule has 0 spiro atoms. The van der Waals surface area contributed by atoms with Crippen molar-refractivity contribution in [2.24, 2.45) is 10.5 Å². The summed E-state index contributed by atoms with van der Waals surface area (Å²) in [5.74, 6) is -1.18. The normalized spacial score (nSPS) is 19.4. The molecule has 12 nitrogen and oxygen atoms in total. The van der Waals surface area contributed by atoms with E-state index in [1.54, 1.807) is 38.2 Å². The molecule has 0 aliphatic carbocycles. The molecule has 1 fully saturated rings. The second kappa shape index (κ2) is 12.8. The van der Waals surface area contributed by atoms with Crippen LogP contribution in [0.2, 0.25) is 0 Å². The van der Waals surface area contributed by atoms with Crippen LogP contribution in [0.5, 0.6) is 0 Å². The number of nitrogens with zero attached hydrogens (tertiary/aromatic N) is 4. The lowest BCUT2D eigenvalue weighted by Gasteiger charge is -2.40. The number of hydrazone groups is 1. The van der Waals surface area contributed by atoms with E-state index in [2.05, 4.69) is 20.7 Å². The van der Waals surface area contributed by atoms with Crippen LogP contribution >= 0.6 is 11.3 Å². The van der Waals surface area contributed by atoms with Crippen LogP contribution in [-0.4, -0.2) is 88.3 Å². The molecule has 1 aromatic heterocycles. The number of thiazole rings is 1. The smallest absolute Gasteiger partial charge is 0.408 e. The van der Waals surface area contributed by atoms with E-state index >= 15 is 0 Å². The maximum atomic E-state index is 14.1. The molecule has 0 radical (unpaired) electrons. The van der Waals surface area contributed by atoms with Gasteiger partial charge in [0.15, 0.2) is 0 Å². The van der Waals surface area contributed by atoms with Gasteiger partial charge in [0.05, 0.1) is 30.1 Å². The first-order valence-electron chi connectivity index (χ1n) is 14.2. The Morgan fingerprint density at radius 3 is 2.51 bits per heavy atom. The van der Waals surface area contributed by atoms with Gasteiger partial charge in [-0.15, -0.1) is 11.3 Å². The number of alkyl carbamates (subject to hydrolysis) is 1. The first-order valence-corrected chi connectivity index (χ1v) is 15.1. The number of carbonyl (C=O) groups excluding carboxylic acids is 4. The Bertz CT molecular complexity index is 1360. The molecular weight excluding hydrogens is 572 g/mol. The number of amides is 4. The van der Waals surface area contributed by atoms with Crippen molar-refractivity contribution in [3.8, 4) is 0 Å². The molecule has 2 aromatic rings. The zero-order valence-corrected chi connectivity index (χ0v) is 26.3. The second-order valence-electron chi connectivity index (χ2n) is 12.4. The number of piperidine rings is 1. The van der Waals surface area contributed by atoms with E-state index in [1.807, 2.05) is 35.7 Å². The summed E-state index contributed by atoms with van der Waals surface area (Å²) in [5.41, 5.74) is 0.901. The van der Waals surface area contributed by atoms with Crippen LogP contribution in [0.4, 0.5) is 4.79 Å². The SMILES string of the molecule is CN1N=C2CCN(C(=O)C(COCc3ccccc3)NC(=O)C(C)(C)NC(=O)OC(C)(C)C)CC2(Cc2cscn2)C1=O. The van der Waals surface area contributed by atoms with Gasteiger partial charge < -0.3 is 25.0 Å². The predicted octanol–water partition coefficient (Wildman–Crippen LogP) is 2.74. The minimum Gasteiger partial charge on any atom is -0.444 e. The number of carbonyl (C=O) groups is 4. The molecule has 2 N–H and O–H groups in total. The van der Waals surface area contributed by atoms with Crippen LogP contribution in [0.3, 0.4) is 0 Å². The van der Waals surface area contributed by atoms with Crippen LogP contribution in [0, 0.1) is 5.41 Å². The van der Waals surface area contributed by atoms with Gasteiger partial charge in [-0.1, -0.05) is 30.3 Å². The minimum absolute atomic E-state index is 0.0932. The number of fused-ring (bicyclic) bond motifs is 1. The van der Waals surface area contributed by atoms with E-state index in [9.17, 15) is 19.2 Å². The Hall–Kier alpha value is -3.84. The summed E-state index contributed by atoms with van der Waals surface area (Å²) in [6.45, 7) is 8.75. The molecule has 2 aliphatic rings. The number of hydrogen-bond acceptors (Lipinski definition) is 9. The van der Waals surface area contributed by atoms with Gasteiger partial charge in [0.1, 0.15) is 22.6 Å². The van der Waals surface area contributed by atoms with Gasteiger partial charge >= 0.3 is 6.09 Å². The molecule has 4 amide bonds. The van der Waals surface area contributed by atoms with Crippen molar-refractivity contribution in [1.29, 1.82) is 0 Å². The number of aromatic nitrogens is 1. The Morgan fingerprint density at radius 1 is 1.14 bits per heavy atom. The molecule has 0 bridgehead atoms. The molecule has 2 aliphatic heterocycles. The number of rotatable bonds is 10. The quantitative estimate of drug-likeness (QED) is 0.420. The third-order valence-corrected chi connectivity index (χ3v) is 7.90. The molecule has 2 atom stereocenters. The number of ether oxygens (including phenoxy) is 2. The zero-order chi connectivity index (χ0) is 31.4. The molecule has 13 heteroatoms. The molecule has 2 unspecified atom stereocenters. The lowest BCUT2D eigenvalue weighted by atomic mass is 9.74. The van der Waals surface area contributed by atoms with E-state index in [0.717, 1.165) is 17.0 Å². The maximum absolute atomic E-state index is 14.1. The average Bonchev–Trinajstić information content (AvgIpc) is 3.52. The van der Waals surface area contributed by atoms with E-state index < -0.39 is 40.5 Å². The predicted molar refractivity (Wildman–Crippen MR) is 161 cm³/mol. The van der Waals surface area contributed by atoms with Crippen molar-refractivity contribution in [3.05, 3.63) is 52.5 Å².